The third-order valence-electron chi connectivity index (χ3n) is 4.01. The zero-order valence-electron chi connectivity index (χ0n) is 15.8. The molecule has 0 unspecified atom stereocenters. The van der Waals surface area contributed by atoms with Gasteiger partial charge in [-0.1, -0.05) is 22.9 Å². The van der Waals surface area contributed by atoms with E-state index in [1.54, 1.807) is 25.1 Å². The zero-order valence-corrected chi connectivity index (χ0v) is 17.4. The van der Waals surface area contributed by atoms with Crippen LogP contribution in [0.4, 0.5) is 11.4 Å². The second kappa shape index (κ2) is 9.02. The van der Waals surface area contributed by atoms with Gasteiger partial charge in [0.25, 0.3) is 17.3 Å². The van der Waals surface area contributed by atoms with Crippen LogP contribution in [0.2, 0.25) is 5.02 Å². The van der Waals surface area contributed by atoms with Gasteiger partial charge in [0.1, 0.15) is 6.54 Å². The van der Waals surface area contributed by atoms with Gasteiger partial charge in [-0.15, -0.1) is 0 Å². The van der Waals surface area contributed by atoms with E-state index in [9.17, 15) is 29.8 Å². The number of ether oxygens (including phenoxy) is 1. The van der Waals surface area contributed by atoms with Gasteiger partial charge in [0, 0.05) is 17.2 Å². The largest absolute Gasteiger partial charge is 0.465 e. The Balaban J connectivity index is 2.15. The van der Waals surface area contributed by atoms with Crippen molar-refractivity contribution in [2.75, 3.05) is 6.61 Å². The molecule has 0 N–H and O–H groups in total. The molecule has 1 heterocycles. The quantitative estimate of drug-likeness (QED) is 0.308. The highest BCUT2D eigenvalue weighted by atomic mass is 35.5. The summed E-state index contributed by atoms with van der Waals surface area (Å²) in [5, 5.41) is 22.6. The van der Waals surface area contributed by atoms with Crippen LogP contribution in [-0.4, -0.2) is 32.9 Å². The van der Waals surface area contributed by atoms with Crippen LogP contribution in [0.25, 0.3) is 10.2 Å². The van der Waals surface area contributed by atoms with Crippen molar-refractivity contribution in [2.45, 2.75) is 13.5 Å². The van der Waals surface area contributed by atoms with Crippen molar-refractivity contribution in [3.05, 3.63) is 72.0 Å². The highest BCUT2D eigenvalue weighted by molar-refractivity contribution is 7.16. The molecule has 1 aromatic heterocycles. The fourth-order valence-electron chi connectivity index (χ4n) is 2.70. The van der Waals surface area contributed by atoms with Gasteiger partial charge in [-0.3, -0.25) is 29.8 Å². The summed E-state index contributed by atoms with van der Waals surface area (Å²) in [6, 6.07) is 7.43. The van der Waals surface area contributed by atoms with Gasteiger partial charge in [-0.25, -0.2) is 0 Å². The minimum Gasteiger partial charge on any atom is -0.465 e. The van der Waals surface area contributed by atoms with Crippen LogP contribution in [0, 0.1) is 20.2 Å². The molecule has 0 aliphatic rings. The molecule has 0 fully saturated rings. The maximum Gasteiger partial charge on any atom is 0.326 e. The van der Waals surface area contributed by atoms with Crippen LogP contribution in [0.3, 0.4) is 0 Å². The molecule has 0 aliphatic carbocycles. The van der Waals surface area contributed by atoms with Gasteiger partial charge >= 0.3 is 5.97 Å². The molecule has 31 heavy (non-hydrogen) atoms. The normalized spacial score (nSPS) is 11.5. The van der Waals surface area contributed by atoms with E-state index < -0.39 is 33.1 Å². The first-order valence-corrected chi connectivity index (χ1v) is 9.86. The van der Waals surface area contributed by atoms with E-state index in [4.69, 9.17) is 16.3 Å². The number of nitro groups is 2. The maximum atomic E-state index is 12.7. The summed E-state index contributed by atoms with van der Waals surface area (Å²) in [6.07, 6.45) is 0. The van der Waals surface area contributed by atoms with Crippen molar-refractivity contribution in [2.24, 2.45) is 4.99 Å². The van der Waals surface area contributed by atoms with Gasteiger partial charge in [-0.05, 0) is 25.1 Å². The van der Waals surface area contributed by atoms with Crippen molar-refractivity contribution < 1.29 is 24.2 Å². The number of esters is 1. The lowest BCUT2D eigenvalue weighted by Crippen LogP contribution is -2.23. The molecule has 0 spiro atoms. The number of benzene rings is 2. The average Bonchev–Trinajstić information content (AvgIpc) is 3.03. The summed E-state index contributed by atoms with van der Waals surface area (Å²) < 4.78 is 7.03. The van der Waals surface area contributed by atoms with E-state index in [2.05, 4.69) is 4.99 Å². The number of aromatic nitrogens is 1. The highest BCUT2D eigenvalue weighted by Gasteiger charge is 2.20. The summed E-state index contributed by atoms with van der Waals surface area (Å²) in [6.45, 7) is 1.57. The van der Waals surface area contributed by atoms with Gasteiger partial charge in [0.2, 0.25) is 0 Å². The number of halogens is 1. The van der Waals surface area contributed by atoms with Gasteiger partial charge in [-0.2, -0.15) is 4.99 Å². The third-order valence-corrected chi connectivity index (χ3v) is 5.28. The maximum absolute atomic E-state index is 12.7. The molecule has 0 saturated heterocycles. The summed E-state index contributed by atoms with van der Waals surface area (Å²) in [5.41, 5.74) is -0.997. The van der Waals surface area contributed by atoms with Crippen molar-refractivity contribution in [3.63, 3.8) is 0 Å². The van der Waals surface area contributed by atoms with Crippen molar-refractivity contribution in [3.8, 4) is 0 Å². The second-order valence-corrected chi connectivity index (χ2v) is 7.50. The number of amides is 1. The standard InChI is InChI=1S/C18H13ClN4O7S/c1-2-30-16(24)9-21-14-4-3-11(19)7-15(14)31-18(21)20-17(25)10-5-12(22(26)27)8-13(6-10)23(28)29/h3-8H,2,9H2,1H3. The molecular formula is C18H13ClN4O7S. The number of nitro benzene ring substituents is 2. The van der Waals surface area contributed by atoms with Crippen molar-refractivity contribution in [1.82, 2.24) is 4.57 Å². The minimum atomic E-state index is -0.943. The van der Waals surface area contributed by atoms with Crippen molar-refractivity contribution >= 4 is 56.4 Å². The number of carbonyl (C=O) groups excluding carboxylic acids is 2. The Morgan fingerprint density at radius 2 is 1.77 bits per heavy atom. The Labute approximate surface area is 182 Å². The van der Waals surface area contributed by atoms with Crippen LogP contribution in [0.1, 0.15) is 17.3 Å². The third kappa shape index (κ3) is 4.92. The van der Waals surface area contributed by atoms with E-state index in [0.717, 1.165) is 29.5 Å². The summed E-state index contributed by atoms with van der Waals surface area (Å²) in [5.74, 6) is -1.50. The second-order valence-electron chi connectivity index (χ2n) is 6.06. The highest BCUT2D eigenvalue weighted by Crippen LogP contribution is 2.24. The predicted molar refractivity (Wildman–Crippen MR) is 111 cm³/mol. The Bertz CT molecular complexity index is 1270. The first-order chi connectivity index (χ1) is 14.7. The molecule has 0 aliphatic heterocycles. The lowest BCUT2D eigenvalue weighted by Gasteiger charge is -2.05. The molecule has 2 aromatic carbocycles. The van der Waals surface area contributed by atoms with Crippen LogP contribution in [0.5, 0.6) is 0 Å². The first kappa shape index (κ1) is 22.1. The first-order valence-electron chi connectivity index (χ1n) is 8.67. The Hall–Kier alpha value is -3.64. The fraction of sp³-hybridized carbons (Fsp3) is 0.167. The molecular weight excluding hydrogens is 452 g/mol. The predicted octanol–water partition coefficient (Wildman–Crippen LogP) is 3.48. The molecule has 3 aromatic rings. The summed E-state index contributed by atoms with van der Waals surface area (Å²) in [4.78, 5) is 49.3. The summed E-state index contributed by atoms with van der Waals surface area (Å²) in [7, 11) is 0. The van der Waals surface area contributed by atoms with Crippen LogP contribution < -0.4 is 4.80 Å². The monoisotopic (exact) mass is 464 g/mol. The lowest BCUT2D eigenvalue weighted by molar-refractivity contribution is -0.394. The van der Waals surface area contributed by atoms with E-state index in [1.807, 2.05) is 0 Å². The van der Waals surface area contributed by atoms with Gasteiger partial charge in [0.15, 0.2) is 4.80 Å². The Morgan fingerprint density at radius 3 is 2.35 bits per heavy atom. The van der Waals surface area contributed by atoms with Gasteiger partial charge < -0.3 is 9.30 Å². The SMILES string of the molecule is CCOC(=O)Cn1c(=NC(=O)c2cc([N+](=O)[O-])cc([N+](=O)[O-])c2)sc2cc(Cl)ccc21. The van der Waals surface area contributed by atoms with Crippen molar-refractivity contribution in [1.29, 1.82) is 0 Å². The molecule has 160 valence electrons. The molecule has 0 saturated carbocycles. The Kier molecular flexibility index (Phi) is 6.42. The molecule has 11 nitrogen and oxygen atoms in total. The number of fused-ring (bicyclic) bond motifs is 1. The number of nitrogens with zero attached hydrogens (tertiary/aromatic N) is 4. The van der Waals surface area contributed by atoms with E-state index in [1.165, 1.54) is 4.57 Å². The molecule has 0 radical (unpaired) electrons. The summed E-state index contributed by atoms with van der Waals surface area (Å²) >= 11 is 7.07. The Morgan fingerprint density at radius 1 is 1.13 bits per heavy atom. The van der Waals surface area contributed by atoms with Crippen LogP contribution in [-0.2, 0) is 16.1 Å². The number of hydrogen-bond acceptors (Lipinski definition) is 8. The number of hydrogen-bond donors (Lipinski definition) is 0. The number of carbonyl (C=O) groups is 2. The minimum absolute atomic E-state index is 0.101. The van der Waals surface area contributed by atoms with E-state index in [-0.39, 0.29) is 23.5 Å². The van der Waals surface area contributed by atoms with Crippen LogP contribution in [0.15, 0.2) is 41.4 Å². The molecule has 3 rings (SSSR count). The lowest BCUT2D eigenvalue weighted by atomic mass is 10.1. The average molecular weight is 465 g/mol. The smallest absolute Gasteiger partial charge is 0.326 e. The molecule has 1 amide bonds. The number of thiazole rings is 1. The number of rotatable bonds is 6. The molecule has 13 heteroatoms. The van der Waals surface area contributed by atoms with E-state index >= 15 is 0 Å². The van der Waals surface area contributed by atoms with Gasteiger partial charge in [0.05, 0.1) is 38.3 Å². The fourth-order valence-corrected chi connectivity index (χ4v) is 4.01. The van der Waals surface area contributed by atoms with Crippen LogP contribution >= 0.6 is 22.9 Å². The molecule has 0 bridgehead atoms. The number of non-ortho nitro benzene ring substituents is 2. The molecule has 0 atom stereocenters. The zero-order chi connectivity index (χ0) is 22.7. The topological polar surface area (TPSA) is 147 Å². The van der Waals surface area contributed by atoms with E-state index in [0.29, 0.717) is 15.2 Å².